The molecule has 0 saturated heterocycles. The van der Waals surface area contributed by atoms with Crippen LogP contribution in [0, 0.1) is 0 Å². The zero-order valence-electron chi connectivity index (χ0n) is 1.65. The van der Waals surface area contributed by atoms with E-state index in [1.165, 1.54) is 0 Å². The van der Waals surface area contributed by atoms with Gasteiger partial charge < -0.3 is 0 Å². The van der Waals surface area contributed by atoms with Crippen LogP contribution in [0.3, 0.4) is 0 Å². The summed E-state index contributed by atoms with van der Waals surface area (Å²) >= 11 is 0.333. The molecule has 5 radical (unpaired) electrons. The zero-order valence-corrected chi connectivity index (χ0v) is 7.72. The van der Waals surface area contributed by atoms with Crippen molar-refractivity contribution in [2.45, 2.75) is 0 Å². The maximum atomic E-state index is 8.33. The molecule has 1 nitrogen and oxygen atoms in total. The van der Waals surface area contributed by atoms with Gasteiger partial charge in [-0.2, -0.15) is 0 Å². The Morgan fingerprint density at radius 2 is 1.25 bits per heavy atom. The molecule has 0 aromatic rings. The Kier molecular flexibility index (Phi) is 106. The fourth-order valence-electron chi connectivity index (χ4n) is 0. The molecule has 0 amide bonds. The van der Waals surface area contributed by atoms with Crippen molar-refractivity contribution in [1.82, 2.24) is 0 Å². The molecule has 0 heterocycles. The van der Waals surface area contributed by atoms with Crippen LogP contribution in [-0.2, 0) is 40.0 Å². The summed E-state index contributed by atoms with van der Waals surface area (Å²) in [5, 5.41) is 0. The van der Waals surface area contributed by atoms with Crippen LogP contribution in [0.25, 0.3) is 0 Å². The summed E-state index contributed by atoms with van der Waals surface area (Å²) in [5.74, 6) is 0. The van der Waals surface area contributed by atoms with Crippen LogP contribution >= 0.6 is 0 Å². The first-order valence-electron chi connectivity index (χ1n) is 0.167. The molecule has 0 unspecified atom stereocenters. The van der Waals surface area contributed by atoms with E-state index in [4.69, 9.17) is 3.40 Å². The minimum atomic E-state index is 0. The predicted molar refractivity (Wildman–Crippen MR) is 6.44 cm³/mol. The van der Waals surface area contributed by atoms with Crippen molar-refractivity contribution in [3.63, 3.8) is 0 Å². The Bertz CT molecular complexity index is 8.00. The molecule has 25 valence electrons. The molecule has 0 aromatic heterocycles. The molecule has 0 rings (SSSR count). The molecule has 0 bridgehead atoms. The van der Waals surface area contributed by atoms with E-state index in [0.717, 1.165) is 0 Å². The third kappa shape index (κ3) is 9.64. The molecule has 0 aliphatic rings. The molecule has 0 saturated carbocycles. The predicted octanol–water partition coefficient (Wildman–Crippen LogP) is -0.505. The van der Waals surface area contributed by atoms with Crippen molar-refractivity contribution >= 4 is 17.6 Å². The molecular formula is CoGeOW. The average molecular weight is 331 g/mol. The van der Waals surface area contributed by atoms with Gasteiger partial charge >= 0.3 is 23.2 Å². The summed E-state index contributed by atoms with van der Waals surface area (Å²) < 4.78 is 8.33. The van der Waals surface area contributed by atoms with E-state index in [0.29, 0.717) is 19.8 Å². The van der Waals surface area contributed by atoms with Crippen LogP contribution in [0.1, 0.15) is 0 Å². The molecule has 0 N–H and O–H groups in total. The van der Waals surface area contributed by atoms with Gasteiger partial charge in [-0.05, 0) is 0 Å². The first kappa shape index (κ1) is 17.7. The Morgan fingerprint density at radius 1 is 1.25 bits per heavy atom. The van der Waals surface area contributed by atoms with E-state index < -0.39 is 0 Å². The average Bonchev–Trinajstić information content (AvgIpc) is 1.00. The summed E-state index contributed by atoms with van der Waals surface area (Å²) in [5.41, 5.74) is 0. The minimum absolute atomic E-state index is 0. The van der Waals surface area contributed by atoms with Gasteiger partial charge in [0.1, 0.15) is 0 Å². The van der Waals surface area contributed by atoms with Gasteiger partial charge in [0, 0.05) is 34.4 Å². The van der Waals surface area contributed by atoms with Crippen molar-refractivity contribution in [2.24, 2.45) is 0 Å². The molecule has 0 aliphatic heterocycles. The molecule has 0 spiro atoms. The molecule has 0 aromatic carbocycles. The van der Waals surface area contributed by atoms with E-state index >= 15 is 0 Å². The van der Waals surface area contributed by atoms with E-state index in [1.807, 2.05) is 0 Å². The Hall–Kier alpha value is 1.54. The SMILES string of the molecule is [Co].[Ge].[O]=[W]. The van der Waals surface area contributed by atoms with Crippen molar-refractivity contribution in [3.05, 3.63) is 0 Å². The topological polar surface area (TPSA) is 17.1 Å². The Balaban J connectivity index is -0.00000000500. The third-order valence-electron chi connectivity index (χ3n) is 0. The quantitative estimate of drug-likeness (QED) is 0.547. The van der Waals surface area contributed by atoms with E-state index in [2.05, 4.69) is 0 Å². The molecule has 0 aliphatic carbocycles. The number of hydrogen-bond acceptors (Lipinski definition) is 1. The summed E-state index contributed by atoms with van der Waals surface area (Å²) in [6.07, 6.45) is 0. The van der Waals surface area contributed by atoms with Gasteiger partial charge in [0.2, 0.25) is 0 Å². The van der Waals surface area contributed by atoms with Gasteiger partial charge in [-0.25, -0.2) is 0 Å². The molecule has 0 fully saturated rings. The van der Waals surface area contributed by atoms with Crippen molar-refractivity contribution < 1.29 is 40.0 Å². The summed E-state index contributed by atoms with van der Waals surface area (Å²) in [6, 6.07) is 0. The summed E-state index contributed by atoms with van der Waals surface area (Å²) in [7, 11) is 0. The standard InChI is InChI=1S/Co.Ge.O.W. The van der Waals surface area contributed by atoms with Crippen LogP contribution < -0.4 is 0 Å². The fraction of sp³-hybridized carbons (Fsp3) is 0. The first-order chi connectivity index (χ1) is 1.00. The van der Waals surface area contributed by atoms with Crippen molar-refractivity contribution in [3.8, 4) is 0 Å². The van der Waals surface area contributed by atoms with Crippen LogP contribution in [0.15, 0.2) is 0 Å². The van der Waals surface area contributed by atoms with Crippen LogP contribution in [0.2, 0.25) is 0 Å². The maximum absolute atomic E-state index is 8.33. The summed E-state index contributed by atoms with van der Waals surface area (Å²) in [6.45, 7) is 0. The monoisotopic (exact) mass is 333 g/mol. The van der Waals surface area contributed by atoms with Crippen molar-refractivity contribution in [2.75, 3.05) is 0 Å². The zero-order chi connectivity index (χ0) is 2.00. The Morgan fingerprint density at radius 3 is 1.25 bits per heavy atom. The van der Waals surface area contributed by atoms with Crippen LogP contribution in [0.5, 0.6) is 0 Å². The van der Waals surface area contributed by atoms with Gasteiger partial charge in [0.15, 0.2) is 0 Å². The summed E-state index contributed by atoms with van der Waals surface area (Å²) in [4.78, 5) is 0. The van der Waals surface area contributed by atoms with Gasteiger partial charge in [0.25, 0.3) is 0 Å². The fourth-order valence-corrected chi connectivity index (χ4v) is 0. The second-order valence-electron chi connectivity index (χ2n) is 0. The molecule has 0 atom stereocenters. The Labute approximate surface area is 57.3 Å². The van der Waals surface area contributed by atoms with Crippen LogP contribution in [-0.4, -0.2) is 17.6 Å². The van der Waals surface area contributed by atoms with Crippen molar-refractivity contribution in [1.29, 1.82) is 0 Å². The van der Waals surface area contributed by atoms with Gasteiger partial charge in [0.05, 0.1) is 0 Å². The molecular weight excluding hydrogens is 331 g/mol. The molecule has 4 heavy (non-hydrogen) atoms. The number of hydrogen-bond donors (Lipinski definition) is 0. The third-order valence-corrected chi connectivity index (χ3v) is 0. The second kappa shape index (κ2) is 24.0. The normalized spacial score (nSPS) is 1.00. The van der Waals surface area contributed by atoms with Crippen LogP contribution in [0.4, 0.5) is 0 Å². The number of rotatable bonds is 0. The second-order valence-corrected chi connectivity index (χ2v) is 0. The van der Waals surface area contributed by atoms with E-state index in [1.54, 1.807) is 0 Å². The van der Waals surface area contributed by atoms with Gasteiger partial charge in [-0.15, -0.1) is 0 Å². The van der Waals surface area contributed by atoms with Gasteiger partial charge in [-0.3, -0.25) is 0 Å². The van der Waals surface area contributed by atoms with E-state index in [-0.39, 0.29) is 34.4 Å². The first-order valence-corrected chi connectivity index (χ1v) is 1.36. The molecule has 4 heteroatoms. The van der Waals surface area contributed by atoms with Gasteiger partial charge in [-0.1, -0.05) is 0 Å². The van der Waals surface area contributed by atoms with E-state index in [9.17, 15) is 0 Å².